The van der Waals surface area contributed by atoms with Gasteiger partial charge in [0.1, 0.15) is 6.54 Å². The summed E-state index contributed by atoms with van der Waals surface area (Å²) in [5.41, 5.74) is 1.58. The number of halogens is 1. The summed E-state index contributed by atoms with van der Waals surface area (Å²) in [6.07, 6.45) is 0. The number of nitrogens with zero attached hydrogens (tertiary/aromatic N) is 2. The fourth-order valence-electron chi connectivity index (χ4n) is 1.43. The molecule has 0 atom stereocenters. The normalized spacial score (nSPS) is 10.0. The van der Waals surface area contributed by atoms with E-state index in [1.807, 2.05) is 32.9 Å². The molecule has 0 saturated heterocycles. The number of aryl methyl sites for hydroxylation is 1. The summed E-state index contributed by atoms with van der Waals surface area (Å²) in [5, 5.41) is 12.0. The number of hydrogen-bond donors (Lipinski definition) is 1. The Morgan fingerprint density at radius 2 is 2.22 bits per heavy atom. The SMILES string of the molecule is Cc1ccc(NC(=O)N(CC#N)C(C)C)cc1Cl. The Labute approximate surface area is 112 Å². The molecule has 0 aliphatic rings. The number of carbonyl (C=O) groups excluding carboxylic acids is 1. The predicted octanol–water partition coefficient (Wildman–Crippen LogP) is 3.41. The van der Waals surface area contributed by atoms with Gasteiger partial charge in [0.2, 0.25) is 0 Å². The first-order valence-electron chi connectivity index (χ1n) is 5.66. The van der Waals surface area contributed by atoms with Gasteiger partial charge in [-0.3, -0.25) is 0 Å². The van der Waals surface area contributed by atoms with E-state index in [0.717, 1.165) is 5.56 Å². The first kappa shape index (κ1) is 14.3. The quantitative estimate of drug-likeness (QED) is 0.852. The molecule has 18 heavy (non-hydrogen) atoms. The van der Waals surface area contributed by atoms with Crippen molar-refractivity contribution in [1.29, 1.82) is 5.26 Å². The van der Waals surface area contributed by atoms with E-state index in [0.29, 0.717) is 10.7 Å². The molecule has 0 aliphatic carbocycles. The van der Waals surface area contributed by atoms with Crippen molar-refractivity contribution < 1.29 is 4.79 Å². The van der Waals surface area contributed by atoms with Gasteiger partial charge in [-0.1, -0.05) is 17.7 Å². The predicted molar refractivity (Wildman–Crippen MR) is 72.7 cm³/mol. The molecule has 1 aromatic rings. The van der Waals surface area contributed by atoms with Crippen LogP contribution in [0.2, 0.25) is 5.02 Å². The van der Waals surface area contributed by atoms with Crippen molar-refractivity contribution in [2.75, 3.05) is 11.9 Å². The Morgan fingerprint density at radius 3 is 2.72 bits per heavy atom. The van der Waals surface area contributed by atoms with Crippen LogP contribution < -0.4 is 5.32 Å². The van der Waals surface area contributed by atoms with Crippen LogP contribution in [0.3, 0.4) is 0 Å². The number of benzene rings is 1. The molecule has 0 aliphatic heterocycles. The highest BCUT2D eigenvalue weighted by Gasteiger charge is 2.16. The van der Waals surface area contributed by atoms with Gasteiger partial charge in [0.05, 0.1) is 6.07 Å². The third-order valence-corrected chi connectivity index (χ3v) is 2.96. The standard InChI is InChI=1S/C13H16ClN3O/c1-9(2)17(7-6-15)13(18)16-11-5-4-10(3)12(14)8-11/h4-5,8-9H,7H2,1-3H3,(H,16,18). The van der Waals surface area contributed by atoms with Gasteiger partial charge >= 0.3 is 6.03 Å². The highest BCUT2D eigenvalue weighted by atomic mass is 35.5. The van der Waals surface area contributed by atoms with E-state index >= 15 is 0 Å². The smallest absolute Gasteiger partial charge is 0.309 e. The monoisotopic (exact) mass is 265 g/mol. The Kier molecular flexibility index (Phi) is 4.99. The fraction of sp³-hybridized carbons (Fsp3) is 0.385. The van der Waals surface area contributed by atoms with Gasteiger partial charge in [0.25, 0.3) is 0 Å². The van der Waals surface area contributed by atoms with Gasteiger partial charge in [-0.15, -0.1) is 0 Å². The molecular formula is C13H16ClN3O. The Morgan fingerprint density at radius 1 is 1.56 bits per heavy atom. The van der Waals surface area contributed by atoms with Crippen molar-refractivity contribution in [3.05, 3.63) is 28.8 Å². The van der Waals surface area contributed by atoms with E-state index in [1.54, 1.807) is 12.1 Å². The molecule has 0 bridgehead atoms. The van der Waals surface area contributed by atoms with Crippen LogP contribution in [-0.2, 0) is 0 Å². The summed E-state index contributed by atoms with van der Waals surface area (Å²) in [4.78, 5) is 13.4. The zero-order valence-corrected chi connectivity index (χ0v) is 11.5. The molecule has 1 aromatic carbocycles. The van der Waals surface area contributed by atoms with E-state index in [9.17, 15) is 4.79 Å². The summed E-state index contributed by atoms with van der Waals surface area (Å²) >= 11 is 5.98. The lowest BCUT2D eigenvalue weighted by molar-refractivity contribution is 0.205. The Hall–Kier alpha value is -1.73. The second-order valence-electron chi connectivity index (χ2n) is 4.27. The summed E-state index contributed by atoms with van der Waals surface area (Å²) in [7, 11) is 0. The number of carbonyl (C=O) groups is 1. The molecule has 0 unspecified atom stereocenters. The highest BCUT2D eigenvalue weighted by molar-refractivity contribution is 6.31. The largest absolute Gasteiger partial charge is 0.322 e. The van der Waals surface area contributed by atoms with E-state index in [1.165, 1.54) is 4.90 Å². The second kappa shape index (κ2) is 6.27. The number of anilines is 1. The molecule has 5 heteroatoms. The summed E-state index contributed by atoms with van der Waals surface area (Å²) in [6, 6.07) is 6.95. The summed E-state index contributed by atoms with van der Waals surface area (Å²) < 4.78 is 0. The lowest BCUT2D eigenvalue weighted by atomic mass is 10.2. The average Bonchev–Trinajstić information content (AvgIpc) is 2.30. The topological polar surface area (TPSA) is 56.1 Å². The second-order valence-corrected chi connectivity index (χ2v) is 4.68. The molecule has 0 fully saturated rings. The first-order chi connectivity index (χ1) is 8.45. The van der Waals surface area contributed by atoms with E-state index in [4.69, 9.17) is 16.9 Å². The zero-order chi connectivity index (χ0) is 13.7. The van der Waals surface area contributed by atoms with Gasteiger partial charge in [-0.05, 0) is 38.5 Å². The zero-order valence-electron chi connectivity index (χ0n) is 10.7. The van der Waals surface area contributed by atoms with Crippen LogP contribution in [0.5, 0.6) is 0 Å². The maximum absolute atomic E-state index is 12.0. The van der Waals surface area contributed by atoms with Crippen LogP contribution in [0.4, 0.5) is 10.5 Å². The van der Waals surface area contributed by atoms with Crippen LogP contribution in [-0.4, -0.2) is 23.5 Å². The van der Waals surface area contributed by atoms with Crippen molar-refractivity contribution in [2.24, 2.45) is 0 Å². The molecule has 0 heterocycles. The van der Waals surface area contributed by atoms with Crippen LogP contribution in [0.1, 0.15) is 19.4 Å². The summed E-state index contributed by atoms with van der Waals surface area (Å²) in [5.74, 6) is 0. The minimum absolute atomic E-state index is 0.0365. The van der Waals surface area contributed by atoms with Gasteiger partial charge in [0.15, 0.2) is 0 Å². The van der Waals surface area contributed by atoms with Crippen molar-refractivity contribution >= 4 is 23.3 Å². The van der Waals surface area contributed by atoms with Gasteiger partial charge in [-0.2, -0.15) is 5.26 Å². The van der Waals surface area contributed by atoms with E-state index in [2.05, 4.69) is 5.32 Å². The molecule has 4 nitrogen and oxygen atoms in total. The number of rotatable bonds is 3. The van der Waals surface area contributed by atoms with E-state index in [-0.39, 0.29) is 18.6 Å². The fourth-order valence-corrected chi connectivity index (χ4v) is 1.61. The molecule has 2 amide bonds. The van der Waals surface area contributed by atoms with Crippen LogP contribution in [0.15, 0.2) is 18.2 Å². The lowest BCUT2D eigenvalue weighted by Gasteiger charge is -2.24. The number of amides is 2. The minimum atomic E-state index is -0.300. The van der Waals surface area contributed by atoms with Crippen molar-refractivity contribution in [2.45, 2.75) is 26.8 Å². The minimum Gasteiger partial charge on any atom is -0.309 e. The molecular weight excluding hydrogens is 250 g/mol. The van der Waals surface area contributed by atoms with Crippen LogP contribution in [0, 0.1) is 18.3 Å². The first-order valence-corrected chi connectivity index (χ1v) is 6.04. The van der Waals surface area contributed by atoms with Crippen molar-refractivity contribution in [3.8, 4) is 6.07 Å². The van der Waals surface area contributed by atoms with E-state index < -0.39 is 0 Å². The van der Waals surface area contributed by atoms with Crippen LogP contribution >= 0.6 is 11.6 Å². The molecule has 96 valence electrons. The van der Waals surface area contributed by atoms with Gasteiger partial charge < -0.3 is 10.2 Å². The lowest BCUT2D eigenvalue weighted by Crippen LogP contribution is -2.40. The van der Waals surface area contributed by atoms with Gasteiger partial charge in [0, 0.05) is 16.8 Å². The Bertz CT molecular complexity index is 480. The molecule has 1 rings (SSSR count). The molecule has 0 saturated carbocycles. The molecule has 1 N–H and O–H groups in total. The number of hydrogen-bond acceptors (Lipinski definition) is 2. The maximum Gasteiger partial charge on any atom is 0.322 e. The molecule has 0 spiro atoms. The maximum atomic E-state index is 12.0. The number of nitriles is 1. The molecule has 0 aromatic heterocycles. The van der Waals surface area contributed by atoms with Crippen LogP contribution in [0.25, 0.3) is 0 Å². The third-order valence-electron chi connectivity index (χ3n) is 2.55. The third kappa shape index (κ3) is 3.64. The summed E-state index contributed by atoms with van der Waals surface area (Å²) in [6.45, 7) is 5.67. The highest BCUT2D eigenvalue weighted by Crippen LogP contribution is 2.20. The number of urea groups is 1. The average molecular weight is 266 g/mol. The molecule has 0 radical (unpaired) electrons. The van der Waals surface area contributed by atoms with Crippen molar-refractivity contribution in [1.82, 2.24) is 4.90 Å². The van der Waals surface area contributed by atoms with Gasteiger partial charge in [-0.25, -0.2) is 4.79 Å². The number of nitrogens with one attached hydrogen (secondary N) is 1. The Balaban J connectivity index is 2.80. The van der Waals surface area contributed by atoms with Crippen molar-refractivity contribution in [3.63, 3.8) is 0 Å².